The van der Waals surface area contributed by atoms with Gasteiger partial charge in [-0.25, -0.2) is 0 Å². The maximum Gasteiger partial charge on any atom is 0.246 e. The van der Waals surface area contributed by atoms with Gasteiger partial charge in [0.1, 0.15) is 0 Å². The fourth-order valence-corrected chi connectivity index (χ4v) is 4.71. The summed E-state index contributed by atoms with van der Waals surface area (Å²) in [4.78, 5) is 15.2. The molecule has 1 atom stereocenters. The molecule has 3 aliphatic rings. The van der Waals surface area contributed by atoms with Crippen LogP contribution >= 0.6 is 0 Å². The normalized spacial score (nSPS) is 24.7. The van der Waals surface area contributed by atoms with Crippen LogP contribution in [0.3, 0.4) is 0 Å². The highest BCUT2D eigenvalue weighted by Crippen LogP contribution is 2.44. The van der Waals surface area contributed by atoms with Gasteiger partial charge in [0.15, 0.2) is 6.29 Å². The first-order chi connectivity index (χ1) is 14.9. The number of hydrogen-bond donors (Lipinski definition) is 1. The maximum absolute atomic E-state index is 13.1. The third kappa shape index (κ3) is 4.97. The molecule has 3 fully saturated rings. The molecule has 1 unspecified atom stereocenters. The number of nitrogens with zero attached hydrogens (tertiary/aromatic N) is 2. The number of anilines is 1. The minimum Gasteiger partial charge on any atom is -0.381 e. The summed E-state index contributed by atoms with van der Waals surface area (Å²) >= 11 is 0. The molecule has 0 bridgehead atoms. The monoisotopic (exact) mass is 435 g/mol. The molecule has 1 aromatic rings. The molecule has 1 saturated carbocycles. The van der Waals surface area contributed by atoms with Crippen LogP contribution in [-0.4, -0.2) is 67.3 Å². The van der Waals surface area contributed by atoms with E-state index < -0.39 is 5.54 Å². The van der Waals surface area contributed by atoms with E-state index in [4.69, 9.17) is 18.7 Å². The van der Waals surface area contributed by atoms with Crippen molar-refractivity contribution in [3.63, 3.8) is 0 Å². The van der Waals surface area contributed by atoms with Gasteiger partial charge in [0.2, 0.25) is 11.8 Å². The van der Waals surface area contributed by atoms with E-state index in [-0.39, 0.29) is 17.6 Å². The molecule has 31 heavy (non-hydrogen) atoms. The Balaban J connectivity index is 1.36. The van der Waals surface area contributed by atoms with Gasteiger partial charge in [-0.2, -0.15) is 0 Å². The molecule has 0 radical (unpaired) electrons. The topological polar surface area (TPSA) is 86.1 Å². The second-order valence-corrected chi connectivity index (χ2v) is 9.79. The molecule has 8 nitrogen and oxygen atoms in total. The van der Waals surface area contributed by atoms with Crippen molar-refractivity contribution in [2.24, 2.45) is 0 Å². The Bertz CT molecular complexity index is 733. The standard InChI is InChI=1S/C23H37N3O5/c1-22(2,26(3)17-8-13-28-14-9-17)21(27)24-19-15-18(25-31-19)23(10-6-11-23)16-30-20-7-4-5-12-29-20/h15,17,20H,4-14,16H2,1-3H3,(H,24,27). The molecule has 0 spiro atoms. The van der Waals surface area contributed by atoms with Crippen molar-refractivity contribution in [3.8, 4) is 0 Å². The highest BCUT2D eigenvalue weighted by atomic mass is 16.7. The number of carbonyl (C=O) groups excluding carboxylic acids is 1. The summed E-state index contributed by atoms with van der Waals surface area (Å²) in [7, 11) is 2.01. The molecule has 4 rings (SSSR count). The smallest absolute Gasteiger partial charge is 0.246 e. The highest BCUT2D eigenvalue weighted by Gasteiger charge is 2.43. The average Bonchev–Trinajstić information content (AvgIpc) is 3.22. The molecule has 3 heterocycles. The van der Waals surface area contributed by atoms with Gasteiger partial charge >= 0.3 is 0 Å². The minimum absolute atomic E-state index is 0.0984. The van der Waals surface area contributed by atoms with Crippen molar-refractivity contribution in [2.75, 3.05) is 38.8 Å². The van der Waals surface area contributed by atoms with Crippen LogP contribution in [0.1, 0.15) is 70.9 Å². The Kier molecular flexibility index (Phi) is 7.01. The largest absolute Gasteiger partial charge is 0.381 e. The predicted octanol–water partition coefficient (Wildman–Crippen LogP) is 3.47. The first-order valence-corrected chi connectivity index (χ1v) is 11.7. The summed E-state index contributed by atoms with van der Waals surface area (Å²) in [5.41, 5.74) is 0.0483. The van der Waals surface area contributed by atoms with Crippen molar-refractivity contribution in [1.82, 2.24) is 10.1 Å². The van der Waals surface area contributed by atoms with Crippen LogP contribution in [0.15, 0.2) is 10.6 Å². The highest BCUT2D eigenvalue weighted by molar-refractivity contribution is 5.96. The average molecular weight is 436 g/mol. The number of likely N-dealkylation sites (N-methyl/N-ethyl adjacent to an activating group) is 1. The van der Waals surface area contributed by atoms with Crippen LogP contribution in [0.4, 0.5) is 5.88 Å². The number of nitrogens with one attached hydrogen (secondary N) is 1. The molecular formula is C23H37N3O5. The van der Waals surface area contributed by atoms with Crippen LogP contribution in [0.2, 0.25) is 0 Å². The van der Waals surface area contributed by atoms with E-state index in [1.807, 2.05) is 27.0 Å². The van der Waals surface area contributed by atoms with E-state index in [1.54, 1.807) is 0 Å². The van der Waals surface area contributed by atoms with E-state index in [2.05, 4.69) is 15.4 Å². The first-order valence-electron chi connectivity index (χ1n) is 11.7. The lowest BCUT2D eigenvalue weighted by atomic mass is 9.67. The summed E-state index contributed by atoms with van der Waals surface area (Å²) < 4.78 is 22.8. The third-order valence-electron chi connectivity index (χ3n) is 7.46. The summed E-state index contributed by atoms with van der Waals surface area (Å²) in [6.45, 7) is 6.73. The van der Waals surface area contributed by atoms with Gasteiger partial charge in [-0.3, -0.25) is 15.0 Å². The van der Waals surface area contributed by atoms with Gasteiger partial charge < -0.3 is 18.7 Å². The van der Waals surface area contributed by atoms with Crippen LogP contribution in [0.25, 0.3) is 0 Å². The van der Waals surface area contributed by atoms with Crippen molar-refractivity contribution < 1.29 is 23.5 Å². The fourth-order valence-electron chi connectivity index (χ4n) is 4.71. The summed E-state index contributed by atoms with van der Waals surface area (Å²) in [6, 6.07) is 2.20. The first kappa shape index (κ1) is 22.7. The zero-order chi connectivity index (χ0) is 21.9. The van der Waals surface area contributed by atoms with Gasteiger partial charge in [-0.1, -0.05) is 11.6 Å². The summed E-state index contributed by atoms with van der Waals surface area (Å²) in [6.07, 6.45) is 8.14. The van der Waals surface area contributed by atoms with Crippen LogP contribution in [0.5, 0.6) is 0 Å². The molecule has 1 aliphatic carbocycles. The van der Waals surface area contributed by atoms with Gasteiger partial charge in [-0.05, 0) is 65.8 Å². The van der Waals surface area contributed by atoms with E-state index in [9.17, 15) is 4.79 Å². The molecular weight excluding hydrogens is 398 g/mol. The summed E-state index contributed by atoms with van der Waals surface area (Å²) in [5, 5.41) is 7.25. The zero-order valence-corrected chi connectivity index (χ0v) is 19.2. The SMILES string of the molecule is CN(C1CCOCC1)C(C)(C)C(=O)Nc1cc(C2(COC3CCCCO3)CCC2)no1. The molecule has 0 aromatic carbocycles. The van der Waals surface area contributed by atoms with Crippen LogP contribution < -0.4 is 5.32 Å². The number of amides is 1. The molecule has 1 amide bonds. The molecule has 8 heteroatoms. The number of carbonyl (C=O) groups is 1. The predicted molar refractivity (Wildman–Crippen MR) is 116 cm³/mol. The Morgan fingerprint density at radius 1 is 1.23 bits per heavy atom. The number of aromatic nitrogens is 1. The lowest BCUT2D eigenvalue weighted by Crippen LogP contribution is -2.55. The van der Waals surface area contributed by atoms with E-state index >= 15 is 0 Å². The van der Waals surface area contributed by atoms with Gasteiger partial charge in [0.25, 0.3) is 0 Å². The Hall–Kier alpha value is -1.48. The Morgan fingerprint density at radius 3 is 2.65 bits per heavy atom. The Labute approximate surface area is 184 Å². The number of hydrogen-bond acceptors (Lipinski definition) is 7. The molecule has 1 N–H and O–H groups in total. The maximum atomic E-state index is 13.1. The van der Waals surface area contributed by atoms with E-state index in [0.717, 1.165) is 76.9 Å². The second kappa shape index (κ2) is 9.57. The van der Waals surface area contributed by atoms with Gasteiger partial charge in [-0.15, -0.1) is 0 Å². The lowest BCUT2D eigenvalue weighted by Gasteiger charge is -2.41. The zero-order valence-electron chi connectivity index (χ0n) is 19.2. The molecule has 1 aromatic heterocycles. The number of rotatable bonds is 8. The van der Waals surface area contributed by atoms with Crippen molar-refractivity contribution in [2.45, 2.75) is 88.5 Å². The quantitative estimate of drug-likeness (QED) is 0.669. The second-order valence-electron chi connectivity index (χ2n) is 9.79. The fraction of sp³-hybridized carbons (Fsp3) is 0.826. The van der Waals surface area contributed by atoms with Crippen LogP contribution in [-0.2, 0) is 24.4 Å². The van der Waals surface area contributed by atoms with Crippen molar-refractivity contribution >= 4 is 11.8 Å². The lowest BCUT2D eigenvalue weighted by molar-refractivity contribution is -0.177. The van der Waals surface area contributed by atoms with E-state index in [1.165, 1.54) is 0 Å². The van der Waals surface area contributed by atoms with E-state index in [0.29, 0.717) is 18.5 Å². The minimum atomic E-state index is -0.676. The molecule has 2 saturated heterocycles. The Morgan fingerprint density at radius 2 is 2.00 bits per heavy atom. The molecule has 174 valence electrons. The van der Waals surface area contributed by atoms with Crippen molar-refractivity contribution in [3.05, 3.63) is 11.8 Å². The van der Waals surface area contributed by atoms with Crippen molar-refractivity contribution in [1.29, 1.82) is 0 Å². The summed E-state index contributed by atoms with van der Waals surface area (Å²) in [5.74, 6) is 0.298. The molecule has 2 aliphatic heterocycles. The number of ether oxygens (including phenoxy) is 3. The third-order valence-corrected chi connectivity index (χ3v) is 7.46. The van der Waals surface area contributed by atoms with Crippen LogP contribution in [0, 0.1) is 0 Å². The van der Waals surface area contributed by atoms with Gasteiger partial charge in [0.05, 0.1) is 17.8 Å². The van der Waals surface area contributed by atoms with Gasteiger partial charge in [0, 0.05) is 37.3 Å².